The van der Waals surface area contributed by atoms with Crippen molar-refractivity contribution in [1.82, 2.24) is 0 Å². The van der Waals surface area contributed by atoms with E-state index in [4.69, 9.17) is 24.7 Å². The van der Waals surface area contributed by atoms with Crippen LogP contribution in [0.25, 0.3) is 0 Å². The molecule has 0 saturated carbocycles. The number of aliphatic hydroxyl groups excluding tert-OH is 9. The van der Waals surface area contributed by atoms with Crippen molar-refractivity contribution in [2.24, 2.45) is 23.5 Å². The molecule has 13 N–H and O–H groups in total. The van der Waals surface area contributed by atoms with Gasteiger partial charge in [0.1, 0.15) is 18.1 Å². The van der Waals surface area contributed by atoms with E-state index in [1.54, 1.807) is 85.1 Å². The molecule has 2 fully saturated rings. The number of nitrogens with two attached hydrogens (primary N) is 1. The first-order chi connectivity index (χ1) is 36.0. The summed E-state index contributed by atoms with van der Waals surface area (Å²) in [5.74, 6) is -6.75. The van der Waals surface area contributed by atoms with Gasteiger partial charge in [-0.15, -0.1) is 0 Å². The summed E-state index contributed by atoms with van der Waals surface area (Å²) in [6.07, 6.45) is 12.8. The minimum Gasteiger partial charge on any atom is -0.481 e. The second kappa shape index (κ2) is 34.6. The maximum atomic E-state index is 13.3. The van der Waals surface area contributed by atoms with Gasteiger partial charge < -0.3 is 80.9 Å². The van der Waals surface area contributed by atoms with Gasteiger partial charge in [-0.05, 0) is 77.2 Å². The molecule has 2 saturated heterocycles. The fourth-order valence-corrected chi connectivity index (χ4v) is 9.52. The number of hydrogen-bond acceptors (Lipinski definition) is 18. The van der Waals surface area contributed by atoms with E-state index in [0.29, 0.717) is 6.42 Å². The number of ketones is 1. The van der Waals surface area contributed by atoms with Crippen LogP contribution < -0.4 is 5.73 Å². The molecule has 2 bridgehead atoms. The molecular formula is C57H87NO18. The number of cyclic esters (lactones) is 1. The minimum atomic E-state index is -2.28. The summed E-state index contributed by atoms with van der Waals surface area (Å²) in [5.41, 5.74) is 6.05. The number of allylic oxidation sites excluding steroid dienone is 16. The lowest BCUT2D eigenvalue weighted by Gasteiger charge is -2.45. The summed E-state index contributed by atoms with van der Waals surface area (Å²) in [6.45, 7) is 7.13. The second-order valence-corrected chi connectivity index (χ2v) is 20.5. The van der Waals surface area contributed by atoms with Crippen LogP contribution in [-0.2, 0) is 33.3 Å². The number of aliphatic carboxylic acids is 1. The fraction of sp³-hybridized carbons (Fsp3) is 0.632. The molecule has 3 aliphatic rings. The van der Waals surface area contributed by atoms with Gasteiger partial charge in [0.2, 0.25) is 0 Å². The van der Waals surface area contributed by atoms with Gasteiger partial charge in [0, 0.05) is 31.6 Å². The second-order valence-electron chi connectivity index (χ2n) is 20.5. The number of carboxylic acids is 1. The Morgan fingerprint density at radius 2 is 1.33 bits per heavy atom. The average molecular weight is 1070 g/mol. The average Bonchev–Trinajstić information content (AvgIpc) is 3.32. The Morgan fingerprint density at radius 3 is 1.92 bits per heavy atom. The summed E-state index contributed by atoms with van der Waals surface area (Å²) < 4.78 is 23.7. The third-order valence-corrected chi connectivity index (χ3v) is 13.6. The predicted octanol–water partition coefficient (Wildman–Crippen LogP) is 3.34. The van der Waals surface area contributed by atoms with Gasteiger partial charge in [-0.3, -0.25) is 14.4 Å². The van der Waals surface area contributed by atoms with Gasteiger partial charge >= 0.3 is 11.9 Å². The van der Waals surface area contributed by atoms with Gasteiger partial charge in [0.25, 0.3) is 0 Å². The zero-order valence-electron chi connectivity index (χ0n) is 44.3. The SMILES string of the molecule is C/C=C/C=C/C(=O)CC(O)CCC(C)C1OC(=O)CC(O)CC(O)CCCC(O)CC(O)CC(O)CC2(O)CC(O)C(C(=O)O)C(CC(OC3OC(C)C(O)C(N)C3O)/C=C/C=C/C=C/C=C/C=C/C=C/C=C/C1C)O2. The number of fused-ring (bicyclic) bond motifs is 2. The van der Waals surface area contributed by atoms with E-state index in [1.807, 2.05) is 32.9 Å². The molecule has 0 amide bonds. The Labute approximate surface area is 447 Å². The molecule has 19 atom stereocenters. The van der Waals surface area contributed by atoms with E-state index in [1.165, 1.54) is 19.1 Å². The van der Waals surface area contributed by atoms with Crippen LogP contribution in [0.1, 0.15) is 111 Å². The Kier molecular flexibility index (Phi) is 30.0. The molecule has 428 valence electrons. The largest absolute Gasteiger partial charge is 0.481 e. The number of hydrogen-bond donors (Lipinski definition) is 12. The van der Waals surface area contributed by atoms with Crippen LogP contribution in [-0.4, -0.2) is 171 Å². The third kappa shape index (κ3) is 24.6. The summed E-state index contributed by atoms with van der Waals surface area (Å²) in [7, 11) is 0. The molecular weight excluding hydrogens is 987 g/mol. The quantitative estimate of drug-likeness (QED) is 0.0802. The molecule has 3 heterocycles. The van der Waals surface area contributed by atoms with Crippen LogP contribution in [0.3, 0.4) is 0 Å². The molecule has 0 radical (unpaired) electrons. The number of carbonyl (C=O) groups excluding carboxylic acids is 2. The molecule has 19 nitrogen and oxygen atoms in total. The summed E-state index contributed by atoms with van der Waals surface area (Å²) in [5, 5.41) is 119. The van der Waals surface area contributed by atoms with Crippen molar-refractivity contribution in [3.63, 3.8) is 0 Å². The zero-order chi connectivity index (χ0) is 56.4. The Hall–Kier alpha value is -4.29. The van der Waals surface area contributed by atoms with E-state index < -0.39 is 135 Å². The van der Waals surface area contributed by atoms with Crippen molar-refractivity contribution in [3.8, 4) is 0 Å². The maximum absolute atomic E-state index is 13.3. The monoisotopic (exact) mass is 1070 g/mol. The number of aliphatic hydroxyl groups is 10. The number of ether oxygens (including phenoxy) is 4. The molecule has 0 aromatic rings. The van der Waals surface area contributed by atoms with Crippen LogP contribution in [0.5, 0.6) is 0 Å². The van der Waals surface area contributed by atoms with Gasteiger partial charge in [-0.1, -0.05) is 117 Å². The van der Waals surface area contributed by atoms with Gasteiger partial charge in [-0.2, -0.15) is 0 Å². The molecule has 0 spiro atoms. The highest BCUT2D eigenvalue weighted by atomic mass is 16.7. The Balaban J connectivity index is 1.85. The Morgan fingerprint density at radius 1 is 0.763 bits per heavy atom. The molecule has 19 unspecified atom stereocenters. The Bertz CT molecular complexity index is 2020. The van der Waals surface area contributed by atoms with Crippen LogP contribution in [0, 0.1) is 17.8 Å². The fourth-order valence-electron chi connectivity index (χ4n) is 9.52. The lowest BCUT2D eigenvalue weighted by Crippen LogP contribution is -2.61. The third-order valence-electron chi connectivity index (χ3n) is 13.6. The molecule has 0 aromatic heterocycles. The molecule has 3 rings (SSSR count). The highest BCUT2D eigenvalue weighted by Crippen LogP contribution is 2.38. The van der Waals surface area contributed by atoms with E-state index in [9.17, 15) is 70.6 Å². The first-order valence-corrected chi connectivity index (χ1v) is 26.5. The van der Waals surface area contributed by atoms with Gasteiger partial charge in [0.15, 0.2) is 17.9 Å². The van der Waals surface area contributed by atoms with E-state index in [-0.39, 0.29) is 75.4 Å². The van der Waals surface area contributed by atoms with E-state index in [2.05, 4.69) is 0 Å². The van der Waals surface area contributed by atoms with Gasteiger partial charge in [0.05, 0.1) is 79.6 Å². The summed E-state index contributed by atoms with van der Waals surface area (Å²) in [6, 6.07) is -1.15. The van der Waals surface area contributed by atoms with Crippen molar-refractivity contribution in [1.29, 1.82) is 0 Å². The first kappa shape index (κ1) is 66.0. The van der Waals surface area contributed by atoms with Crippen molar-refractivity contribution in [2.45, 2.75) is 209 Å². The smallest absolute Gasteiger partial charge is 0.311 e. The highest BCUT2D eigenvalue weighted by Gasteiger charge is 2.51. The molecule has 3 aliphatic heterocycles. The lowest BCUT2D eigenvalue weighted by atomic mass is 9.82. The van der Waals surface area contributed by atoms with Crippen molar-refractivity contribution in [2.75, 3.05) is 0 Å². The van der Waals surface area contributed by atoms with E-state index >= 15 is 0 Å². The number of esters is 1. The molecule has 76 heavy (non-hydrogen) atoms. The van der Waals surface area contributed by atoms with Crippen molar-refractivity contribution >= 4 is 17.7 Å². The maximum Gasteiger partial charge on any atom is 0.311 e. The van der Waals surface area contributed by atoms with Gasteiger partial charge in [-0.25, -0.2) is 0 Å². The molecule has 19 heteroatoms. The summed E-state index contributed by atoms with van der Waals surface area (Å²) in [4.78, 5) is 38.1. The van der Waals surface area contributed by atoms with Crippen LogP contribution in [0.2, 0.25) is 0 Å². The molecule has 0 aromatic carbocycles. The van der Waals surface area contributed by atoms with E-state index in [0.717, 1.165) is 0 Å². The van der Waals surface area contributed by atoms with Crippen LogP contribution in [0.15, 0.2) is 109 Å². The summed E-state index contributed by atoms with van der Waals surface area (Å²) >= 11 is 0. The molecule has 0 aliphatic carbocycles. The van der Waals surface area contributed by atoms with Crippen LogP contribution >= 0.6 is 0 Å². The lowest BCUT2D eigenvalue weighted by molar-refractivity contribution is -0.308. The first-order valence-electron chi connectivity index (χ1n) is 26.5. The van der Waals surface area contributed by atoms with Crippen molar-refractivity contribution in [3.05, 3.63) is 109 Å². The minimum absolute atomic E-state index is 0.0553. The topological polar surface area (TPSA) is 337 Å². The zero-order valence-corrected chi connectivity index (χ0v) is 44.3. The standard InChI is InChI=1S/C57H87NO18/c1-5-6-17-22-39(59)28-42(62)27-26-37(3)54-36(2)21-18-15-13-11-9-7-8-10-12-14-16-19-25-46(74-56-53(69)51(58)52(68)38(4)73-56)33-48-50(55(70)71)47(66)35-57(72,76-48)34-45(65)31-43(63)29-40(60)23-20-24-41(61)30-44(64)32-49(67)75-54/h5-19,21-22,25,36-38,40-48,50-54,56,60-66,68-69,72H,20,23-24,26-35,58H2,1-4H3,(H,70,71)/b6-5+,8-7+,11-9+,12-10+,15-13+,16-14+,21-18+,22-17+,25-19+. The predicted molar refractivity (Wildman–Crippen MR) is 283 cm³/mol. The normalized spacial score (nSPS) is 39.7. The number of rotatable bonds is 11. The van der Waals surface area contributed by atoms with Crippen LogP contribution in [0.4, 0.5) is 0 Å². The van der Waals surface area contributed by atoms with Crippen molar-refractivity contribution < 1.29 is 89.5 Å². The number of carboxylic acid groups (broad SMARTS) is 1. The highest BCUT2D eigenvalue weighted by molar-refractivity contribution is 5.90. The number of carbonyl (C=O) groups is 3.